The summed E-state index contributed by atoms with van der Waals surface area (Å²) in [6.45, 7) is 0. The minimum atomic E-state index is -0.429. The number of nitrogens with one attached hydrogen (secondary N) is 2. The lowest BCUT2D eigenvalue weighted by molar-refractivity contribution is 0.0849. The zero-order valence-electron chi connectivity index (χ0n) is 11.7. The van der Waals surface area contributed by atoms with E-state index in [9.17, 15) is 9.59 Å². The normalized spacial score (nSPS) is 10.4. The summed E-state index contributed by atoms with van der Waals surface area (Å²) in [4.78, 5) is 24.5. The Hall–Kier alpha value is -2.11. The number of nitrogens with zero attached hydrogens (tertiary/aromatic N) is 4. The number of tetrazole rings is 1. The van der Waals surface area contributed by atoms with Crippen molar-refractivity contribution in [1.29, 1.82) is 0 Å². The van der Waals surface area contributed by atoms with Gasteiger partial charge in [0.1, 0.15) is 6.33 Å². The van der Waals surface area contributed by atoms with Crippen LogP contribution in [0.2, 0.25) is 0 Å². The van der Waals surface area contributed by atoms with Gasteiger partial charge in [-0.2, -0.15) is 0 Å². The zero-order chi connectivity index (χ0) is 17.1. The molecule has 0 unspecified atom stereocenters. The summed E-state index contributed by atoms with van der Waals surface area (Å²) in [5, 5.41) is 10.8. The van der Waals surface area contributed by atoms with Gasteiger partial charge in [0.05, 0.1) is 14.4 Å². The van der Waals surface area contributed by atoms with E-state index in [1.165, 1.54) is 22.3 Å². The minimum Gasteiger partial charge on any atom is -0.267 e. The Morgan fingerprint density at radius 3 is 2.38 bits per heavy atom. The first-order chi connectivity index (χ1) is 11.5. The zero-order valence-corrected chi connectivity index (χ0v) is 15.7. The fourth-order valence-corrected chi connectivity index (χ4v) is 3.68. The molecule has 2 heterocycles. The molecule has 0 atom stereocenters. The second-order valence-electron chi connectivity index (χ2n) is 4.44. The highest BCUT2D eigenvalue weighted by Crippen LogP contribution is 2.32. The lowest BCUT2D eigenvalue weighted by Crippen LogP contribution is -2.41. The van der Waals surface area contributed by atoms with Crippen LogP contribution in [0.4, 0.5) is 0 Å². The van der Waals surface area contributed by atoms with Crippen molar-refractivity contribution in [1.82, 2.24) is 31.1 Å². The van der Waals surface area contributed by atoms with Crippen LogP contribution in [-0.2, 0) is 0 Å². The van der Waals surface area contributed by atoms with Crippen LogP contribution in [0.5, 0.6) is 0 Å². The molecule has 1 aromatic carbocycles. The maximum Gasteiger partial charge on any atom is 0.279 e. The second kappa shape index (κ2) is 7.20. The highest BCUT2D eigenvalue weighted by Gasteiger charge is 2.13. The van der Waals surface area contributed by atoms with Gasteiger partial charge in [-0.15, -0.1) is 16.4 Å². The quantitative estimate of drug-likeness (QED) is 0.571. The van der Waals surface area contributed by atoms with Gasteiger partial charge in [0.25, 0.3) is 11.8 Å². The first-order valence-electron chi connectivity index (χ1n) is 6.43. The number of carbonyl (C=O) groups is 2. The number of thiophene rings is 1. The maximum atomic E-state index is 12.1. The number of halogens is 2. The Bertz CT molecular complexity index is 859. The molecule has 3 rings (SSSR count). The van der Waals surface area contributed by atoms with Crippen molar-refractivity contribution in [3.63, 3.8) is 0 Å². The van der Waals surface area contributed by atoms with E-state index in [-0.39, 0.29) is 0 Å². The molecule has 122 valence electrons. The lowest BCUT2D eigenvalue weighted by atomic mass is 10.2. The molecule has 2 N–H and O–H groups in total. The fraction of sp³-hybridized carbons (Fsp3) is 0. The number of hydrazine groups is 1. The standard InChI is InChI=1S/C13H8Br2N6O2S/c14-9-5-10(24-11(9)15)13(23)18-17-12(22)7-1-3-8(4-2-7)21-6-16-19-20-21/h1-6H,(H,17,22)(H,18,23). The predicted molar refractivity (Wildman–Crippen MR) is 93.8 cm³/mol. The summed E-state index contributed by atoms with van der Waals surface area (Å²) >= 11 is 7.87. The Labute approximate surface area is 156 Å². The molecule has 11 heteroatoms. The van der Waals surface area contributed by atoms with Crippen molar-refractivity contribution in [3.05, 3.63) is 55.4 Å². The Morgan fingerprint density at radius 1 is 1.08 bits per heavy atom. The van der Waals surface area contributed by atoms with Gasteiger partial charge in [-0.05, 0) is 72.6 Å². The molecule has 24 heavy (non-hydrogen) atoms. The molecule has 2 aromatic heterocycles. The number of rotatable bonds is 3. The minimum absolute atomic E-state index is 0.390. The van der Waals surface area contributed by atoms with Crippen molar-refractivity contribution < 1.29 is 9.59 Å². The number of amides is 2. The van der Waals surface area contributed by atoms with Crippen LogP contribution in [0.3, 0.4) is 0 Å². The van der Waals surface area contributed by atoms with E-state index < -0.39 is 11.8 Å². The largest absolute Gasteiger partial charge is 0.279 e. The number of hydrogen-bond acceptors (Lipinski definition) is 6. The topological polar surface area (TPSA) is 102 Å². The molecule has 0 aliphatic heterocycles. The Morgan fingerprint density at radius 2 is 1.79 bits per heavy atom. The molecule has 0 saturated carbocycles. The highest BCUT2D eigenvalue weighted by atomic mass is 79.9. The molecule has 0 saturated heterocycles. The molecule has 0 fully saturated rings. The summed E-state index contributed by atoms with van der Waals surface area (Å²) in [5.74, 6) is -0.827. The second-order valence-corrected chi connectivity index (χ2v) is 7.67. The highest BCUT2D eigenvalue weighted by molar-refractivity contribution is 9.13. The molecule has 3 aromatic rings. The van der Waals surface area contributed by atoms with E-state index in [0.29, 0.717) is 16.1 Å². The molecule has 8 nitrogen and oxygen atoms in total. The van der Waals surface area contributed by atoms with E-state index in [0.717, 1.165) is 8.26 Å². The van der Waals surface area contributed by atoms with Crippen LogP contribution in [0.25, 0.3) is 5.69 Å². The van der Waals surface area contributed by atoms with E-state index in [4.69, 9.17) is 0 Å². The number of benzene rings is 1. The Balaban J connectivity index is 1.61. The van der Waals surface area contributed by atoms with Crippen molar-refractivity contribution in [2.75, 3.05) is 0 Å². The SMILES string of the molecule is O=C(NNC(=O)c1cc(Br)c(Br)s1)c1ccc(-n2cnnn2)cc1. The summed E-state index contributed by atoms with van der Waals surface area (Å²) in [5.41, 5.74) is 5.85. The van der Waals surface area contributed by atoms with Gasteiger partial charge in [0.2, 0.25) is 0 Å². The fourth-order valence-electron chi connectivity index (χ4n) is 1.75. The van der Waals surface area contributed by atoms with Gasteiger partial charge in [-0.25, -0.2) is 4.68 Å². The molecular weight excluding hydrogens is 464 g/mol. The van der Waals surface area contributed by atoms with Gasteiger partial charge in [0.15, 0.2) is 0 Å². The molecule has 2 amide bonds. The van der Waals surface area contributed by atoms with Gasteiger partial charge in [-0.3, -0.25) is 20.4 Å². The average molecular weight is 472 g/mol. The smallest absolute Gasteiger partial charge is 0.267 e. The van der Waals surface area contributed by atoms with E-state index in [1.54, 1.807) is 30.3 Å². The van der Waals surface area contributed by atoms with Gasteiger partial charge >= 0.3 is 0 Å². The summed E-state index contributed by atoms with van der Waals surface area (Å²) in [7, 11) is 0. The molecule has 0 radical (unpaired) electrons. The maximum absolute atomic E-state index is 12.1. The van der Waals surface area contributed by atoms with Crippen molar-refractivity contribution >= 4 is 55.0 Å². The van der Waals surface area contributed by atoms with Crippen molar-refractivity contribution in [3.8, 4) is 5.69 Å². The number of hydrogen-bond donors (Lipinski definition) is 2. The summed E-state index contributed by atoms with van der Waals surface area (Å²) in [6.07, 6.45) is 1.45. The average Bonchev–Trinajstić information content (AvgIpc) is 3.23. The third-order valence-electron chi connectivity index (χ3n) is 2.90. The number of carbonyl (C=O) groups excluding carboxylic acids is 2. The molecule has 0 spiro atoms. The molecular formula is C13H8Br2N6O2S. The Kier molecular flexibility index (Phi) is 5.02. The van der Waals surface area contributed by atoms with Gasteiger partial charge in [-0.1, -0.05) is 0 Å². The van der Waals surface area contributed by atoms with Gasteiger partial charge < -0.3 is 0 Å². The van der Waals surface area contributed by atoms with E-state index in [1.807, 2.05) is 0 Å². The predicted octanol–water partition coefficient (Wildman–Crippen LogP) is 2.32. The third-order valence-corrected chi connectivity index (χ3v) is 6.16. The van der Waals surface area contributed by atoms with Crippen LogP contribution in [0.1, 0.15) is 20.0 Å². The monoisotopic (exact) mass is 470 g/mol. The van der Waals surface area contributed by atoms with Crippen molar-refractivity contribution in [2.24, 2.45) is 0 Å². The summed E-state index contributed by atoms with van der Waals surface area (Å²) < 4.78 is 3.05. The first-order valence-corrected chi connectivity index (χ1v) is 8.84. The first kappa shape index (κ1) is 16.7. The van der Waals surface area contributed by atoms with Crippen LogP contribution in [-0.4, -0.2) is 32.0 Å². The van der Waals surface area contributed by atoms with Crippen LogP contribution in [0.15, 0.2) is 44.9 Å². The lowest BCUT2D eigenvalue weighted by Gasteiger charge is -2.07. The van der Waals surface area contributed by atoms with Crippen LogP contribution in [0, 0.1) is 0 Å². The van der Waals surface area contributed by atoms with Gasteiger partial charge in [0, 0.05) is 10.0 Å². The third kappa shape index (κ3) is 3.68. The molecule has 0 bridgehead atoms. The van der Waals surface area contributed by atoms with E-state index in [2.05, 4.69) is 58.2 Å². The molecule has 0 aliphatic carbocycles. The van der Waals surface area contributed by atoms with Crippen molar-refractivity contribution in [2.45, 2.75) is 0 Å². The van der Waals surface area contributed by atoms with Crippen LogP contribution < -0.4 is 10.9 Å². The van der Waals surface area contributed by atoms with Crippen LogP contribution >= 0.6 is 43.2 Å². The van der Waals surface area contributed by atoms with E-state index >= 15 is 0 Å². The summed E-state index contributed by atoms with van der Waals surface area (Å²) in [6, 6.07) is 8.27. The molecule has 0 aliphatic rings. The number of aromatic nitrogens is 4.